The first-order valence-corrected chi connectivity index (χ1v) is 9.74. The molecule has 1 heterocycles. The van der Waals surface area contributed by atoms with Crippen LogP contribution in [0.15, 0.2) is 84.0 Å². The van der Waals surface area contributed by atoms with Gasteiger partial charge in [-0.2, -0.15) is 0 Å². The van der Waals surface area contributed by atoms with Crippen molar-refractivity contribution in [3.63, 3.8) is 0 Å². The van der Waals surface area contributed by atoms with Crippen LogP contribution < -0.4 is 0 Å². The van der Waals surface area contributed by atoms with Gasteiger partial charge in [0.2, 0.25) is 0 Å². The van der Waals surface area contributed by atoms with Crippen LogP contribution in [-0.2, 0) is 5.75 Å². The van der Waals surface area contributed by atoms with E-state index in [4.69, 9.17) is 0 Å². The Hall–Kier alpha value is -3.52. The highest BCUT2D eigenvalue weighted by Crippen LogP contribution is 2.31. The zero-order valence-corrected chi connectivity index (χ0v) is 15.9. The number of aromatic nitrogens is 3. The summed E-state index contributed by atoms with van der Waals surface area (Å²) in [6.45, 7) is 0. The number of non-ortho nitro benzene ring substituents is 1. The van der Waals surface area contributed by atoms with Gasteiger partial charge in [0.15, 0.2) is 11.0 Å². The molecule has 0 atom stereocenters. The number of nitro benzene ring substituents is 1. The third kappa shape index (κ3) is 4.02. The van der Waals surface area contributed by atoms with E-state index in [1.54, 1.807) is 30.3 Å². The first-order chi connectivity index (χ1) is 14.1. The van der Waals surface area contributed by atoms with E-state index < -0.39 is 4.92 Å². The Morgan fingerprint density at radius 3 is 2.48 bits per heavy atom. The average molecular weight is 406 g/mol. The summed E-state index contributed by atoms with van der Waals surface area (Å²) in [4.78, 5) is 10.7. The second-order valence-corrected chi connectivity index (χ2v) is 7.11. The SMILES string of the molecule is O=[N+]([O-])c1cccc(-c2nnc(SCc3ccccc3F)n2-c2ccccc2)c1. The average Bonchev–Trinajstić information content (AvgIpc) is 3.18. The molecule has 0 radical (unpaired) electrons. The third-order valence-electron chi connectivity index (χ3n) is 4.28. The number of hydrogen-bond acceptors (Lipinski definition) is 5. The predicted octanol–water partition coefficient (Wildman–Crippen LogP) is 5.27. The molecule has 3 aromatic carbocycles. The van der Waals surface area contributed by atoms with Crippen LogP contribution >= 0.6 is 11.8 Å². The highest BCUT2D eigenvalue weighted by Gasteiger charge is 2.18. The maximum Gasteiger partial charge on any atom is 0.270 e. The van der Waals surface area contributed by atoms with Crippen molar-refractivity contribution in [3.8, 4) is 17.1 Å². The van der Waals surface area contributed by atoms with Crippen molar-refractivity contribution in [2.24, 2.45) is 0 Å². The molecule has 4 rings (SSSR count). The molecule has 8 heteroatoms. The summed E-state index contributed by atoms with van der Waals surface area (Å²) in [5.74, 6) is 0.590. The zero-order chi connectivity index (χ0) is 20.2. The molecule has 1 aromatic heterocycles. The van der Waals surface area contributed by atoms with Crippen LogP contribution in [-0.4, -0.2) is 19.7 Å². The maximum atomic E-state index is 14.0. The van der Waals surface area contributed by atoms with Gasteiger partial charge in [-0.15, -0.1) is 10.2 Å². The second-order valence-electron chi connectivity index (χ2n) is 6.16. The zero-order valence-electron chi connectivity index (χ0n) is 15.1. The van der Waals surface area contributed by atoms with Crippen molar-refractivity contribution in [1.29, 1.82) is 0 Å². The largest absolute Gasteiger partial charge is 0.270 e. The van der Waals surface area contributed by atoms with Crippen molar-refractivity contribution in [3.05, 3.63) is 100 Å². The monoisotopic (exact) mass is 406 g/mol. The van der Waals surface area contributed by atoms with Gasteiger partial charge >= 0.3 is 0 Å². The second kappa shape index (κ2) is 8.24. The molecule has 0 unspecified atom stereocenters. The lowest BCUT2D eigenvalue weighted by atomic mass is 10.2. The summed E-state index contributed by atoms with van der Waals surface area (Å²) in [7, 11) is 0. The normalized spacial score (nSPS) is 10.8. The van der Waals surface area contributed by atoms with Gasteiger partial charge in [0.25, 0.3) is 5.69 Å². The highest BCUT2D eigenvalue weighted by molar-refractivity contribution is 7.98. The van der Waals surface area contributed by atoms with Crippen molar-refractivity contribution < 1.29 is 9.31 Å². The molecule has 0 saturated carbocycles. The Balaban J connectivity index is 1.76. The van der Waals surface area contributed by atoms with Crippen LogP contribution in [0, 0.1) is 15.9 Å². The quantitative estimate of drug-likeness (QED) is 0.248. The molecule has 6 nitrogen and oxygen atoms in total. The first kappa shape index (κ1) is 18.8. The maximum absolute atomic E-state index is 14.0. The van der Waals surface area contributed by atoms with Crippen LogP contribution in [0.2, 0.25) is 0 Å². The molecule has 0 saturated heterocycles. The number of hydrogen-bond donors (Lipinski definition) is 0. The molecular formula is C21H15FN4O2S. The van der Waals surface area contributed by atoms with Crippen molar-refractivity contribution in [2.75, 3.05) is 0 Å². The molecule has 0 bridgehead atoms. The number of nitro groups is 1. The molecule has 0 amide bonds. The van der Waals surface area contributed by atoms with Gasteiger partial charge in [0, 0.05) is 29.1 Å². The first-order valence-electron chi connectivity index (χ1n) is 8.75. The smallest absolute Gasteiger partial charge is 0.270 e. The summed E-state index contributed by atoms with van der Waals surface area (Å²) in [6.07, 6.45) is 0. The molecule has 0 spiro atoms. The van der Waals surface area contributed by atoms with Gasteiger partial charge in [-0.25, -0.2) is 4.39 Å². The fourth-order valence-corrected chi connectivity index (χ4v) is 3.81. The van der Waals surface area contributed by atoms with E-state index in [-0.39, 0.29) is 11.5 Å². The number of para-hydroxylation sites is 1. The summed E-state index contributed by atoms with van der Waals surface area (Å²) >= 11 is 1.35. The van der Waals surface area contributed by atoms with E-state index >= 15 is 0 Å². The summed E-state index contributed by atoms with van der Waals surface area (Å²) < 4.78 is 15.8. The number of benzene rings is 3. The van der Waals surface area contributed by atoms with E-state index in [0.717, 1.165) is 5.69 Å². The summed E-state index contributed by atoms with van der Waals surface area (Å²) in [5, 5.41) is 20.3. The Bertz CT molecular complexity index is 1160. The Morgan fingerprint density at radius 2 is 1.72 bits per heavy atom. The molecule has 144 valence electrons. The predicted molar refractivity (Wildman–Crippen MR) is 109 cm³/mol. The minimum absolute atomic E-state index is 0.0225. The van der Waals surface area contributed by atoms with E-state index in [2.05, 4.69) is 10.2 Å². The van der Waals surface area contributed by atoms with E-state index in [0.29, 0.717) is 27.9 Å². The Morgan fingerprint density at radius 1 is 0.966 bits per heavy atom. The van der Waals surface area contributed by atoms with Gasteiger partial charge in [-0.05, 0) is 23.8 Å². The van der Waals surface area contributed by atoms with E-state index in [1.807, 2.05) is 34.9 Å². The Labute approximate surface area is 170 Å². The van der Waals surface area contributed by atoms with E-state index in [9.17, 15) is 14.5 Å². The van der Waals surface area contributed by atoms with Crippen LogP contribution in [0.25, 0.3) is 17.1 Å². The van der Waals surface area contributed by atoms with Crippen LogP contribution in [0.3, 0.4) is 0 Å². The molecule has 0 fully saturated rings. The van der Waals surface area contributed by atoms with Gasteiger partial charge < -0.3 is 0 Å². The van der Waals surface area contributed by atoms with Crippen LogP contribution in [0.5, 0.6) is 0 Å². The molecular weight excluding hydrogens is 391 g/mol. The molecule has 0 aliphatic heterocycles. The van der Waals surface area contributed by atoms with Gasteiger partial charge in [-0.1, -0.05) is 60.3 Å². The lowest BCUT2D eigenvalue weighted by Crippen LogP contribution is -2.00. The highest BCUT2D eigenvalue weighted by atomic mass is 32.2. The summed E-state index contributed by atoms with van der Waals surface area (Å²) in [5.41, 5.74) is 1.94. The minimum atomic E-state index is -0.444. The van der Waals surface area contributed by atoms with E-state index in [1.165, 1.54) is 30.0 Å². The topological polar surface area (TPSA) is 73.8 Å². The van der Waals surface area contributed by atoms with Gasteiger partial charge in [-0.3, -0.25) is 14.7 Å². The summed E-state index contributed by atoms with van der Waals surface area (Å²) in [6, 6.07) is 22.3. The van der Waals surface area contributed by atoms with Crippen molar-refractivity contribution >= 4 is 17.4 Å². The van der Waals surface area contributed by atoms with Gasteiger partial charge in [0.1, 0.15) is 5.82 Å². The van der Waals surface area contributed by atoms with Crippen molar-refractivity contribution in [1.82, 2.24) is 14.8 Å². The van der Waals surface area contributed by atoms with Crippen LogP contribution in [0.1, 0.15) is 5.56 Å². The third-order valence-corrected chi connectivity index (χ3v) is 5.26. The van der Waals surface area contributed by atoms with Crippen molar-refractivity contribution in [2.45, 2.75) is 10.9 Å². The lowest BCUT2D eigenvalue weighted by molar-refractivity contribution is -0.384. The fraction of sp³-hybridized carbons (Fsp3) is 0.0476. The van der Waals surface area contributed by atoms with Crippen LogP contribution in [0.4, 0.5) is 10.1 Å². The molecule has 4 aromatic rings. The molecule has 0 aliphatic carbocycles. The lowest BCUT2D eigenvalue weighted by Gasteiger charge is -2.10. The molecule has 29 heavy (non-hydrogen) atoms. The fourth-order valence-electron chi connectivity index (χ4n) is 2.88. The van der Waals surface area contributed by atoms with Gasteiger partial charge in [0.05, 0.1) is 4.92 Å². The number of rotatable bonds is 6. The standard InChI is InChI=1S/C21H15FN4O2S/c22-19-12-5-4-7-16(19)14-29-21-24-23-20(25(21)17-9-2-1-3-10-17)15-8-6-11-18(13-15)26(27)28/h1-13H,14H2. The number of thioether (sulfide) groups is 1. The Kier molecular flexibility index (Phi) is 5.35. The molecule has 0 N–H and O–H groups in total. The molecule has 0 aliphatic rings. The number of halogens is 1. The number of nitrogens with zero attached hydrogens (tertiary/aromatic N) is 4. The minimum Gasteiger partial charge on any atom is -0.270 e.